The Hall–Kier alpha value is -1.06. The highest BCUT2D eigenvalue weighted by Crippen LogP contribution is 2.15. The van der Waals surface area contributed by atoms with Gasteiger partial charge in [-0.3, -0.25) is 9.59 Å². The monoisotopic (exact) mass is 608 g/mol. The van der Waals surface area contributed by atoms with Crippen LogP contribution < -0.4 is 5.32 Å². The van der Waals surface area contributed by atoms with Crippen LogP contribution in [0.3, 0.4) is 0 Å². The number of amides is 1. The van der Waals surface area contributed by atoms with E-state index in [1.54, 1.807) is 0 Å². The van der Waals surface area contributed by atoms with Crippen LogP contribution in [0.2, 0.25) is 0 Å². The van der Waals surface area contributed by atoms with Gasteiger partial charge >= 0.3 is 5.97 Å². The third kappa shape index (κ3) is 37.0. The predicted octanol–water partition coefficient (Wildman–Crippen LogP) is 12.6. The fraction of sp³-hybridized carbons (Fsp3) is 0.949. The first kappa shape index (κ1) is 41.9. The summed E-state index contributed by atoms with van der Waals surface area (Å²) < 4.78 is 5.34. The summed E-state index contributed by atoms with van der Waals surface area (Å²) in [6.45, 7) is 5.58. The van der Waals surface area contributed by atoms with Gasteiger partial charge in [0.25, 0.3) is 0 Å². The molecule has 0 radical (unpaired) electrons. The van der Waals surface area contributed by atoms with Crippen LogP contribution in [-0.4, -0.2) is 25.0 Å². The van der Waals surface area contributed by atoms with Crippen molar-refractivity contribution in [3.8, 4) is 0 Å². The summed E-state index contributed by atoms with van der Waals surface area (Å²) in [5.74, 6) is 0.0534. The fourth-order valence-corrected chi connectivity index (χ4v) is 5.94. The number of rotatable bonds is 36. The molecule has 0 bridgehead atoms. The van der Waals surface area contributed by atoms with Crippen LogP contribution in [0.4, 0.5) is 0 Å². The first-order chi connectivity index (χ1) is 21.2. The Bertz CT molecular complexity index is 517. The van der Waals surface area contributed by atoms with Crippen molar-refractivity contribution in [2.24, 2.45) is 0 Å². The Kier molecular flexibility index (Phi) is 36.2. The second-order valence-electron chi connectivity index (χ2n) is 13.3. The number of unbranched alkanes of at least 4 members (excludes halogenated alkanes) is 28. The zero-order chi connectivity index (χ0) is 31.3. The first-order valence-corrected chi connectivity index (χ1v) is 19.6. The molecule has 0 aromatic heterocycles. The van der Waals surface area contributed by atoms with Gasteiger partial charge in [0.1, 0.15) is 0 Å². The van der Waals surface area contributed by atoms with Gasteiger partial charge in [-0.15, -0.1) is 0 Å². The van der Waals surface area contributed by atoms with Gasteiger partial charge in [0, 0.05) is 19.4 Å². The Morgan fingerprint density at radius 3 is 1.05 bits per heavy atom. The first-order valence-electron chi connectivity index (χ1n) is 19.6. The third-order valence-corrected chi connectivity index (χ3v) is 8.90. The summed E-state index contributed by atoms with van der Waals surface area (Å²) in [6, 6.07) is 0. The Labute approximate surface area is 270 Å². The lowest BCUT2D eigenvalue weighted by atomic mass is 10.0. The SMILES string of the molecule is CCCCCCCCCCCCCCCCCC(=O)NCCCOC(=O)CCCCCCCCCCCCCCCCC. The second-order valence-corrected chi connectivity index (χ2v) is 13.3. The number of hydrogen-bond donors (Lipinski definition) is 1. The molecule has 0 rings (SSSR count). The maximum absolute atomic E-state index is 12.0. The number of carbonyl (C=O) groups excluding carboxylic acids is 2. The molecule has 0 atom stereocenters. The van der Waals surface area contributed by atoms with E-state index in [-0.39, 0.29) is 11.9 Å². The van der Waals surface area contributed by atoms with E-state index < -0.39 is 0 Å². The lowest BCUT2D eigenvalue weighted by Crippen LogP contribution is -2.25. The average Bonchev–Trinajstić information content (AvgIpc) is 3.00. The summed E-state index contributed by atoms with van der Waals surface area (Å²) in [5.41, 5.74) is 0. The summed E-state index contributed by atoms with van der Waals surface area (Å²) in [4.78, 5) is 24.0. The number of nitrogens with one attached hydrogen (secondary N) is 1. The highest BCUT2D eigenvalue weighted by molar-refractivity contribution is 5.75. The minimum atomic E-state index is -0.0844. The lowest BCUT2D eigenvalue weighted by Gasteiger charge is -2.07. The molecule has 0 saturated heterocycles. The van der Waals surface area contributed by atoms with E-state index in [4.69, 9.17) is 4.74 Å². The molecule has 0 heterocycles. The van der Waals surface area contributed by atoms with E-state index in [9.17, 15) is 9.59 Å². The molecule has 0 saturated carbocycles. The minimum absolute atomic E-state index is 0.0844. The molecule has 1 N–H and O–H groups in total. The molecule has 0 fully saturated rings. The standard InChI is InChI=1S/C39H77NO3/c1-3-5-7-9-11-13-15-17-19-21-23-25-27-29-31-34-38(41)40-36-33-37-43-39(42)35-32-30-28-26-24-22-20-18-16-14-12-10-8-6-4-2/h3-37H2,1-2H3,(H,40,41). The highest BCUT2D eigenvalue weighted by Gasteiger charge is 2.04. The van der Waals surface area contributed by atoms with Gasteiger partial charge in [-0.1, -0.05) is 194 Å². The Morgan fingerprint density at radius 1 is 0.395 bits per heavy atom. The quantitative estimate of drug-likeness (QED) is 0.0569. The summed E-state index contributed by atoms with van der Waals surface area (Å²) in [6.07, 6.45) is 41.9. The molecular weight excluding hydrogens is 530 g/mol. The van der Waals surface area contributed by atoms with Gasteiger partial charge in [-0.2, -0.15) is 0 Å². The van der Waals surface area contributed by atoms with E-state index in [0.29, 0.717) is 32.4 Å². The van der Waals surface area contributed by atoms with Crippen molar-refractivity contribution >= 4 is 11.9 Å². The highest BCUT2D eigenvalue weighted by atomic mass is 16.5. The molecule has 0 aromatic carbocycles. The van der Waals surface area contributed by atoms with E-state index in [2.05, 4.69) is 19.2 Å². The van der Waals surface area contributed by atoms with E-state index in [1.807, 2.05) is 0 Å². The summed E-state index contributed by atoms with van der Waals surface area (Å²) in [5, 5.41) is 2.98. The molecule has 0 aliphatic heterocycles. The van der Waals surface area contributed by atoms with Crippen LogP contribution in [0.15, 0.2) is 0 Å². The van der Waals surface area contributed by atoms with Crippen LogP contribution in [0.1, 0.15) is 226 Å². The summed E-state index contributed by atoms with van der Waals surface area (Å²) >= 11 is 0. The van der Waals surface area contributed by atoms with Crippen molar-refractivity contribution < 1.29 is 14.3 Å². The molecule has 0 spiro atoms. The molecule has 0 aromatic rings. The largest absolute Gasteiger partial charge is 0.466 e. The van der Waals surface area contributed by atoms with Crippen LogP contribution in [-0.2, 0) is 14.3 Å². The second kappa shape index (κ2) is 37.1. The topological polar surface area (TPSA) is 55.4 Å². The molecular formula is C39H77NO3. The fourth-order valence-electron chi connectivity index (χ4n) is 5.94. The van der Waals surface area contributed by atoms with E-state index >= 15 is 0 Å². The molecule has 4 heteroatoms. The van der Waals surface area contributed by atoms with Crippen LogP contribution >= 0.6 is 0 Å². The van der Waals surface area contributed by atoms with Crippen LogP contribution in [0.5, 0.6) is 0 Å². The molecule has 4 nitrogen and oxygen atoms in total. The van der Waals surface area contributed by atoms with Gasteiger partial charge in [0.15, 0.2) is 0 Å². The summed E-state index contributed by atoms with van der Waals surface area (Å²) in [7, 11) is 0. The van der Waals surface area contributed by atoms with Gasteiger partial charge in [-0.25, -0.2) is 0 Å². The van der Waals surface area contributed by atoms with Crippen LogP contribution in [0.25, 0.3) is 0 Å². The van der Waals surface area contributed by atoms with Crippen molar-refractivity contribution in [3.05, 3.63) is 0 Å². The molecule has 1 amide bonds. The number of carbonyl (C=O) groups is 2. The predicted molar refractivity (Wildman–Crippen MR) is 188 cm³/mol. The zero-order valence-electron chi connectivity index (χ0n) is 29.5. The average molecular weight is 608 g/mol. The van der Waals surface area contributed by atoms with Crippen molar-refractivity contribution in [1.82, 2.24) is 5.32 Å². The van der Waals surface area contributed by atoms with Gasteiger partial charge in [-0.05, 0) is 19.3 Å². The van der Waals surface area contributed by atoms with Crippen molar-refractivity contribution in [1.29, 1.82) is 0 Å². The lowest BCUT2D eigenvalue weighted by molar-refractivity contribution is -0.143. The van der Waals surface area contributed by atoms with Crippen LogP contribution in [0, 0.1) is 0 Å². The van der Waals surface area contributed by atoms with Gasteiger partial charge in [0.05, 0.1) is 6.61 Å². The number of esters is 1. The Balaban J connectivity index is 3.25. The smallest absolute Gasteiger partial charge is 0.305 e. The molecule has 0 aliphatic rings. The maximum atomic E-state index is 12.0. The van der Waals surface area contributed by atoms with Gasteiger partial charge in [0.2, 0.25) is 5.91 Å². The third-order valence-electron chi connectivity index (χ3n) is 8.90. The Morgan fingerprint density at radius 2 is 0.698 bits per heavy atom. The van der Waals surface area contributed by atoms with Crippen molar-refractivity contribution in [2.45, 2.75) is 226 Å². The normalized spacial score (nSPS) is 11.2. The molecule has 0 aliphatic carbocycles. The van der Waals surface area contributed by atoms with Gasteiger partial charge < -0.3 is 10.1 Å². The number of hydrogen-bond acceptors (Lipinski definition) is 3. The number of ether oxygens (including phenoxy) is 1. The van der Waals surface area contributed by atoms with Crippen molar-refractivity contribution in [3.63, 3.8) is 0 Å². The van der Waals surface area contributed by atoms with E-state index in [0.717, 1.165) is 25.7 Å². The zero-order valence-corrected chi connectivity index (χ0v) is 29.5. The molecule has 43 heavy (non-hydrogen) atoms. The van der Waals surface area contributed by atoms with Crippen molar-refractivity contribution in [2.75, 3.05) is 13.2 Å². The molecule has 0 unspecified atom stereocenters. The van der Waals surface area contributed by atoms with E-state index in [1.165, 1.54) is 167 Å². The minimum Gasteiger partial charge on any atom is -0.466 e. The molecule has 256 valence electrons. The maximum Gasteiger partial charge on any atom is 0.305 e.